The van der Waals surface area contributed by atoms with Crippen LogP contribution in [0.1, 0.15) is 5.56 Å². The van der Waals surface area contributed by atoms with E-state index in [1.165, 1.54) is 29.2 Å². The summed E-state index contributed by atoms with van der Waals surface area (Å²) >= 11 is 0. The van der Waals surface area contributed by atoms with Gasteiger partial charge in [-0.3, -0.25) is 14.5 Å². The molecule has 0 saturated heterocycles. The summed E-state index contributed by atoms with van der Waals surface area (Å²) in [6, 6.07) is 10.4. The average molecular weight is 413 g/mol. The molecule has 0 radical (unpaired) electrons. The molecule has 0 bridgehead atoms. The summed E-state index contributed by atoms with van der Waals surface area (Å²) in [5.74, 6) is -1.53. The predicted molar refractivity (Wildman–Crippen MR) is 97.5 cm³/mol. The molecule has 2 rings (SSSR count). The third-order valence-corrected chi connectivity index (χ3v) is 3.60. The highest BCUT2D eigenvalue weighted by Crippen LogP contribution is 2.23. The minimum Gasteiger partial charge on any atom is -0.406 e. The minimum atomic E-state index is -4.79. The van der Waals surface area contributed by atoms with Crippen molar-refractivity contribution in [2.24, 2.45) is 0 Å². The lowest BCUT2D eigenvalue weighted by Crippen LogP contribution is -2.38. The molecule has 2 aromatic carbocycles. The summed E-state index contributed by atoms with van der Waals surface area (Å²) in [7, 11) is 1.57. The number of hydrogen-bond acceptors (Lipinski definition) is 4. The van der Waals surface area contributed by atoms with Gasteiger partial charge in [0.05, 0.1) is 13.1 Å². The summed E-state index contributed by atoms with van der Waals surface area (Å²) in [5.41, 5.74) is 1.02. The molecular weight excluding hydrogens is 394 g/mol. The van der Waals surface area contributed by atoms with Crippen LogP contribution in [0.25, 0.3) is 0 Å². The van der Waals surface area contributed by atoms with E-state index < -0.39 is 18.0 Å². The van der Waals surface area contributed by atoms with Gasteiger partial charge in [-0.2, -0.15) is 0 Å². The Bertz CT molecular complexity index is 824. The molecule has 29 heavy (non-hydrogen) atoms. The van der Waals surface area contributed by atoms with Crippen LogP contribution >= 0.6 is 0 Å². The van der Waals surface area contributed by atoms with Crippen molar-refractivity contribution in [3.05, 3.63) is 59.9 Å². The number of anilines is 1. The van der Waals surface area contributed by atoms with Gasteiger partial charge in [-0.15, -0.1) is 13.2 Å². The molecule has 0 aromatic heterocycles. The Hall–Kier alpha value is -3.14. The van der Waals surface area contributed by atoms with Crippen molar-refractivity contribution in [1.29, 1.82) is 0 Å². The Kier molecular flexibility index (Phi) is 7.54. The van der Waals surface area contributed by atoms with Crippen molar-refractivity contribution in [2.45, 2.75) is 12.9 Å². The van der Waals surface area contributed by atoms with Gasteiger partial charge in [0, 0.05) is 12.2 Å². The lowest BCUT2D eigenvalue weighted by molar-refractivity contribution is -0.274. The number of likely N-dealkylation sites (N-methyl/N-ethyl adjacent to an activating group) is 1. The summed E-state index contributed by atoms with van der Waals surface area (Å²) in [4.78, 5) is 25.4. The van der Waals surface area contributed by atoms with Gasteiger partial charge >= 0.3 is 6.36 Å². The number of halogens is 4. The number of alkyl halides is 3. The Balaban J connectivity index is 1.73. The molecule has 0 saturated carbocycles. The maximum atomic E-state index is 12.8. The van der Waals surface area contributed by atoms with E-state index in [9.17, 15) is 27.2 Å². The van der Waals surface area contributed by atoms with Crippen molar-refractivity contribution in [3.8, 4) is 5.75 Å². The van der Waals surface area contributed by atoms with Gasteiger partial charge < -0.3 is 15.4 Å². The van der Waals surface area contributed by atoms with Crippen LogP contribution in [0.3, 0.4) is 0 Å². The topological polar surface area (TPSA) is 70.7 Å². The normalized spacial score (nSPS) is 11.2. The van der Waals surface area contributed by atoms with Crippen LogP contribution in [0.5, 0.6) is 5.75 Å². The zero-order valence-electron chi connectivity index (χ0n) is 15.4. The van der Waals surface area contributed by atoms with Gasteiger partial charge in [-0.1, -0.05) is 12.1 Å². The first-order chi connectivity index (χ1) is 13.6. The lowest BCUT2D eigenvalue weighted by Gasteiger charge is -2.16. The first-order valence-corrected chi connectivity index (χ1v) is 8.46. The van der Waals surface area contributed by atoms with E-state index in [1.54, 1.807) is 19.2 Å². The summed E-state index contributed by atoms with van der Waals surface area (Å²) in [6.45, 7) is 0.0727. The fraction of sp³-hybridized carbons (Fsp3) is 0.263. The molecule has 0 fully saturated rings. The highest BCUT2D eigenvalue weighted by atomic mass is 19.4. The van der Waals surface area contributed by atoms with Crippen LogP contribution in [-0.2, 0) is 16.1 Å². The van der Waals surface area contributed by atoms with E-state index in [2.05, 4.69) is 15.4 Å². The number of carbonyl (C=O) groups excluding carboxylic acids is 2. The SMILES string of the molecule is CN(CC(=O)NCc1ccc(F)cc1)CC(=O)Nc1ccc(OC(F)(F)F)cc1. The molecular formula is C19H19F4N3O3. The fourth-order valence-electron chi connectivity index (χ4n) is 2.35. The molecule has 0 heterocycles. The van der Waals surface area contributed by atoms with Gasteiger partial charge in [0.1, 0.15) is 11.6 Å². The Morgan fingerprint density at radius 1 is 0.966 bits per heavy atom. The fourth-order valence-corrected chi connectivity index (χ4v) is 2.35. The molecule has 2 N–H and O–H groups in total. The third-order valence-electron chi connectivity index (χ3n) is 3.60. The summed E-state index contributed by atoms with van der Waals surface area (Å²) in [6.07, 6.45) is -4.79. The monoisotopic (exact) mass is 413 g/mol. The molecule has 0 atom stereocenters. The Morgan fingerprint density at radius 3 is 2.14 bits per heavy atom. The van der Waals surface area contributed by atoms with Crippen LogP contribution in [0.2, 0.25) is 0 Å². The van der Waals surface area contributed by atoms with Crippen LogP contribution in [0.4, 0.5) is 23.2 Å². The van der Waals surface area contributed by atoms with Gasteiger partial charge in [-0.25, -0.2) is 4.39 Å². The zero-order valence-corrected chi connectivity index (χ0v) is 15.4. The maximum Gasteiger partial charge on any atom is 0.573 e. The summed E-state index contributed by atoms with van der Waals surface area (Å²) < 4.78 is 52.9. The molecule has 0 aliphatic heterocycles. The average Bonchev–Trinajstić information content (AvgIpc) is 2.61. The summed E-state index contributed by atoms with van der Waals surface area (Å²) in [5, 5.41) is 5.17. The van der Waals surface area contributed by atoms with E-state index in [1.807, 2.05) is 0 Å². The number of hydrogen-bond donors (Lipinski definition) is 2. The van der Waals surface area contributed by atoms with Gasteiger partial charge in [-0.05, 0) is 49.0 Å². The smallest absolute Gasteiger partial charge is 0.406 e. The number of amides is 2. The number of nitrogens with zero attached hydrogens (tertiary/aromatic N) is 1. The van der Waals surface area contributed by atoms with Gasteiger partial charge in [0.2, 0.25) is 11.8 Å². The molecule has 0 aliphatic carbocycles. The number of benzene rings is 2. The quantitative estimate of drug-likeness (QED) is 0.653. The predicted octanol–water partition coefficient (Wildman–Crippen LogP) is 2.91. The number of ether oxygens (including phenoxy) is 1. The molecule has 2 amide bonds. The van der Waals surface area contributed by atoms with Gasteiger partial charge in [0.15, 0.2) is 0 Å². The lowest BCUT2D eigenvalue weighted by atomic mass is 10.2. The molecule has 0 aliphatic rings. The van der Waals surface area contributed by atoms with Gasteiger partial charge in [0.25, 0.3) is 0 Å². The number of carbonyl (C=O) groups is 2. The molecule has 6 nitrogen and oxygen atoms in total. The van der Waals surface area contributed by atoms with E-state index in [0.29, 0.717) is 5.69 Å². The highest BCUT2D eigenvalue weighted by Gasteiger charge is 2.30. The maximum absolute atomic E-state index is 12.8. The van der Waals surface area contributed by atoms with Crippen LogP contribution in [-0.4, -0.2) is 43.2 Å². The van der Waals surface area contributed by atoms with E-state index in [4.69, 9.17) is 0 Å². The van der Waals surface area contributed by atoms with E-state index >= 15 is 0 Å². The van der Waals surface area contributed by atoms with Crippen LogP contribution < -0.4 is 15.4 Å². The van der Waals surface area contributed by atoms with Crippen molar-refractivity contribution in [3.63, 3.8) is 0 Å². The second-order valence-corrected chi connectivity index (χ2v) is 6.20. The Morgan fingerprint density at radius 2 is 1.55 bits per heavy atom. The minimum absolute atomic E-state index is 0.0486. The largest absolute Gasteiger partial charge is 0.573 e. The standard InChI is InChI=1S/C19H19F4N3O3/c1-26(11-17(27)24-10-13-2-4-14(20)5-3-13)12-18(28)25-15-6-8-16(9-7-15)29-19(21,22)23/h2-9H,10-12H2,1H3,(H,24,27)(H,25,28). The second-order valence-electron chi connectivity index (χ2n) is 6.20. The van der Waals surface area contributed by atoms with Crippen molar-refractivity contribution < 1.29 is 31.9 Å². The molecule has 2 aromatic rings. The first kappa shape index (κ1) is 22.2. The van der Waals surface area contributed by atoms with E-state index in [-0.39, 0.29) is 31.4 Å². The van der Waals surface area contributed by atoms with Crippen molar-refractivity contribution in [2.75, 3.05) is 25.5 Å². The molecule has 0 unspecified atom stereocenters. The van der Waals surface area contributed by atoms with Crippen LogP contribution in [0, 0.1) is 5.82 Å². The first-order valence-electron chi connectivity index (χ1n) is 8.46. The highest BCUT2D eigenvalue weighted by molar-refractivity contribution is 5.92. The van der Waals surface area contributed by atoms with E-state index in [0.717, 1.165) is 17.7 Å². The third kappa shape index (κ3) is 8.60. The molecule has 0 spiro atoms. The molecule has 10 heteroatoms. The molecule has 156 valence electrons. The van der Waals surface area contributed by atoms with Crippen LogP contribution in [0.15, 0.2) is 48.5 Å². The zero-order chi connectivity index (χ0) is 21.4. The Labute approximate surface area is 164 Å². The number of nitrogens with one attached hydrogen (secondary N) is 2. The second kappa shape index (κ2) is 9.87. The van der Waals surface area contributed by atoms with Crippen molar-refractivity contribution >= 4 is 17.5 Å². The number of rotatable bonds is 8. The van der Waals surface area contributed by atoms with Crippen molar-refractivity contribution in [1.82, 2.24) is 10.2 Å².